The fourth-order valence-electron chi connectivity index (χ4n) is 2.34. The lowest BCUT2D eigenvalue weighted by Gasteiger charge is -2.34. The second-order valence-electron chi connectivity index (χ2n) is 5.23. The first-order valence-electron chi connectivity index (χ1n) is 6.89. The number of rotatable bonds is 1. The van der Waals surface area contributed by atoms with E-state index in [1.54, 1.807) is 4.90 Å². The van der Waals surface area contributed by atoms with Gasteiger partial charge in [-0.3, -0.25) is 4.79 Å². The normalized spacial score (nSPS) is 21.6. The first-order chi connectivity index (χ1) is 10.0. The van der Waals surface area contributed by atoms with Crippen LogP contribution >= 0.6 is 0 Å². The molecule has 0 spiro atoms. The first kappa shape index (κ1) is 15.5. The molecule has 0 saturated carbocycles. The number of piperidine rings is 1. The molecule has 0 radical (unpaired) electrons. The van der Waals surface area contributed by atoms with Crippen molar-refractivity contribution in [1.82, 2.24) is 4.90 Å². The van der Waals surface area contributed by atoms with E-state index in [4.69, 9.17) is 5.11 Å². The number of benzene rings is 1. The molecule has 1 fully saturated rings. The molecule has 5 heteroatoms. The summed E-state index contributed by atoms with van der Waals surface area (Å²) in [6, 6.07) is 3.78. The van der Waals surface area contributed by atoms with E-state index in [0.717, 1.165) is 6.42 Å². The Morgan fingerprint density at radius 2 is 2.29 bits per heavy atom. The van der Waals surface area contributed by atoms with Gasteiger partial charge in [0.2, 0.25) is 0 Å². The Hall–Kier alpha value is -1.90. The molecule has 1 saturated heterocycles. The molecule has 1 aliphatic heterocycles. The summed E-state index contributed by atoms with van der Waals surface area (Å²) in [5, 5.41) is 18.6. The average Bonchev–Trinajstić information content (AvgIpc) is 2.47. The largest absolute Gasteiger partial charge is 0.391 e. The molecule has 1 aromatic rings. The highest BCUT2D eigenvalue weighted by Crippen LogP contribution is 2.20. The zero-order valence-electron chi connectivity index (χ0n) is 11.8. The Morgan fingerprint density at radius 1 is 1.52 bits per heavy atom. The van der Waals surface area contributed by atoms with Crippen molar-refractivity contribution in [2.45, 2.75) is 19.4 Å². The molecule has 1 amide bonds. The summed E-state index contributed by atoms with van der Waals surface area (Å²) in [6.07, 6.45) is 0.182. The monoisotopic (exact) mass is 291 g/mol. The molecule has 2 N–H and O–H groups in total. The van der Waals surface area contributed by atoms with Gasteiger partial charge in [0.15, 0.2) is 0 Å². The van der Waals surface area contributed by atoms with Crippen molar-refractivity contribution < 1.29 is 19.4 Å². The molecule has 2 unspecified atom stereocenters. The smallest absolute Gasteiger partial charge is 0.255 e. The number of aliphatic hydroxyl groups is 2. The number of nitrogens with zero attached hydrogens (tertiary/aromatic N) is 1. The van der Waals surface area contributed by atoms with Crippen LogP contribution in [-0.2, 0) is 0 Å². The molecular weight excluding hydrogens is 273 g/mol. The third kappa shape index (κ3) is 3.60. The van der Waals surface area contributed by atoms with E-state index < -0.39 is 11.9 Å². The average molecular weight is 291 g/mol. The van der Waals surface area contributed by atoms with Gasteiger partial charge in [0, 0.05) is 18.7 Å². The summed E-state index contributed by atoms with van der Waals surface area (Å²) in [5.74, 6) is 4.42. The minimum atomic E-state index is -0.546. The molecule has 2 rings (SSSR count). The Labute approximate surface area is 123 Å². The molecule has 1 heterocycles. The topological polar surface area (TPSA) is 60.8 Å². The highest BCUT2D eigenvalue weighted by Gasteiger charge is 2.28. The Balaban J connectivity index is 2.26. The van der Waals surface area contributed by atoms with Crippen LogP contribution in [0.3, 0.4) is 0 Å². The zero-order valence-corrected chi connectivity index (χ0v) is 11.8. The second kappa shape index (κ2) is 6.70. The minimum absolute atomic E-state index is 0.163. The van der Waals surface area contributed by atoms with Gasteiger partial charge in [0.1, 0.15) is 12.4 Å². The standard InChI is InChI=1S/C16H18FNO3/c1-11-6-7-18(10-15(11)20)16(21)14-5-4-13(17)9-12(14)3-2-8-19/h4-5,9,11,15,19-20H,6-8,10H2,1H3. The fraction of sp³-hybridized carbons (Fsp3) is 0.438. The number of likely N-dealkylation sites (tertiary alicyclic amines) is 1. The number of carbonyl (C=O) groups excluding carboxylic acids is 1. The molecule has 112 valence electrons. The fourth-order valence-corrected chi connectivity index (χ4v) is 2.34. The predicted octanol–water partition coefficient (Wildman–Crippen LogP) is 1.01. The van der Waals surface area contributed by atoms with Crippen molar-refractivity contribution in [3.8, 4) is 11.8 Å². The van der Waals surface area contributed by atoms with Crippen molar-refractivity contribution in [3.63, 3.8) is 0 Å². The maximum absolute atomic E-state index is 13.3. The van der Waals surface area contributed by atoms with E-state index in [2.05, 4.69) is 11.8 Å². The Bertz CT molecular complexity index is 591. The lowest BCUT2D eigenvalue weighted by molar-refractivity contribution is 0.0248. The summed E-state index contributed by atoms with van der Waals surface area (Å²) < 4.78 is 13.3. The maximum atomic E-state index is 13.3. The lowest BCUT2D eigenvalue weighted by Crippen LogP contribution is -2.46. The zero-order chi connectivity index (χ0) is 15.4. The van der Waals surface area contributed by atoms with Crippen LogP contribution in [0, 0.1) is 23.6 Å². The molecule has 1 aromatic carbocycles. The van der Waals surface area contributed by atoms with Crippen LogP contribution in [0.25, 0.3) is 0 Å². The van der Waals surface area contributed by atoms with Crippen LogP contribution in [0.4, 0.5) is 4.39 Å². The SMILES string of the molecule is CC1CCN(C(=O)c2ccc(F)cc2C#CCO)CC1O. The number of hydrogen-bond donors (Lipinski definition) is 2. The number of carbonyl (C=O) groups is 1. The van der Waals surface area contributed by atoms with E-state index in [9.17, 15) is 14.3 Å². The summed E-state index contributed by atoms with van der Waals surface area (Å²) in [4.78, 5) is 14.1. The third-order valence-corrected chi connectivity index (χ3v) is 3.72. The number of amides is 1. The van der Waals surface area contributed by atoms with E-state index in [1.807, 2.05) is 6.92 Å². The molecule has 21 heavy (non-hydrogen) atoms. The summed E-state index contributed by atoms with van der Waals surface area (Å²) in [5.41, 5.74) is 0.543. The third-order valence-electron chi connectivity index (χ3n) is 3.72. The van der Waals surface area contributed by atoms with E-state index >= 15 is 0 Å². The van der Waals surface area contributed by atoms with Gasteiger partial charge >= 0.3 is 0 Å². The van der Waals surface area contributed by atoms with E-state index in [-0.39, 0.29) is 30.5 Å². The van der Waals surface area contributed by atoms with Crippen LogP contribution < -0.4 is 0 Å². The maximum Gasteiger partial charge on any atom is 0.255 e. The van der Waals surface area contributed by atoms with E-state index in [0.29, 0.717) is 12.1 Å². The second-order valence-corrected chi connectivity index (χ2v) is 5.23. The summed E-state index contributed by atoms with van der Waals surface area (Å²) in [7, 11) is 0. The van der Waals surface area contributed by atoms with Crippen molar-refractivity contribution in [2.75, 3.05) is 19.7 Å². The summed E-state index contributed by atoms with van der Waals surface area (Å²) >= 11 is 0. The van der Waals surface area contributed by atoms with Gasteiger partial charge < -0.3 is 15.1 Å². The molecule has 4 nitrogen and oxygen atoms in total. The molecule has 0 aromatic heterocycles. The molecule has 1 aliphatic rings. The highest BCUT2D eigenvalue weighted by atomic mass is 19.1. The van der Waals surface area contributed by atoms with Gasteiger partial charge in [-0.1, -0.05) is 18.8 Å². The van der Waals surface area contributed by atoms with Crippen LogP contribution in [-0.4, -0.2) is 46.8 Å². The van der Waals surface area contributed by atoms with Crippen LogP contribution in [0.2, 0.25) is 0 Å². The van der Waals surface area contributed by atoms with E-state index in [1.165, 1.54) is 18.2 Å². The minimum Gasteiger partial charge on any atom is -0.391 e. The van der Waals surface area contributed by atoms with Gasteiger partial charge in [-0.05, 0) is 30.5 Å². The number of aliphatic hydroxyl groups excluding tert-OH is 2. The van der Waals surface area contributed by atoms with Gasteiger partial charge in [-0.15, -0.1) is 0 Å². The van der Waals surface area contributed by atoms with Gasteiger partial charge in [-0.2, -0.15) is 0 Å². The molecule has 0 bridgehead atoms. The lowest BCUT2D eigenvalue weighted by atomic mass is 9.95. The number of hydrogen-bond acceptors (Lipinski definition) is 3. The number of halogens is 1. The Morgan fingerprint density at radius 3 is 2.95 bits per heavy atom. The van der Waals surface area contributed by atoms with Crippen LogP contribution in [0.5, 0.6) is 0 Å². The van der Waals surface area contributed by atoms with Crippen LogP contribution in [0.1, 0.15) is 29.3 Å². The quantitative estimate of drug-likeness (QED) is 0.759. The van der Waals surface area contributed by atoms with Crippen molar-refractivity contribution in [3.05, 3.63) is 35.1 Å². The molecule has 0 aliphatic carbocycles. The first-order valence-corrected chi connectivity index (χ1v) is 6.89. The Kier molecular flexibility index (Phi) is 4.94. The summed E-state index contributed by atoms with van der Waals surface area (Å²) in [6.45, 7) is 2.41. The van der Waals surface area contributed by atoms with Crippen molar-refractivity contribution in [1.29, 1.82) is 0 Å². The predicted molar refractivity (Wildman–Crippen MR) is 76.1 cm³/mol. The van der Waals surface area contributed by atoms with Crippen molar-refractivity contribution in [2.24, 2.45) is 5.92 Å². The van der Waals surface area contributed by atoms with Gasteiger partial charge in [0.25, 0.3) is 5.91 Å². The van der Waals surface area contributed by atoms with Gasteiger partial charge in [0.05, 0.1) is 11.7 Å². The van der Waals surface area contributed by atoms with Crippen molar-refractivity contribution >= 4 is 5.91 Å². The number of β-amino-alcohol motifs (C(OH)–C–C–N with tert-alkyl or cyclic N) is 1. The van der Waals surface area contributed by atoms with Crippen LogP contribution in [0.15, 0.2) is 18.2 Å². The molecular formula is C16H18FNO3. The molecule has 2 atom stereocenters. The van der Waals surface area contributed by atoms with Gasteiger partial charge in [-0.25, -0.2) is 4.39 Å². The highest BCUT2D eigenvalue weighted by molar-refractivity contribution is 5.96.